The molecule has 0 aliphatic rings. The SMILES string of the molecule is O=C(c1ccccc1)[C@H](Sc1nnc(-c2cccc(Cl)c2)o1)n1cncn1. The summed E-state index contributed by atoms with van der Waals surface area (Å²) in [6.07, 6.45) is 2.85. The van der Waals surface area contributed by atoms with Gasteiger partial charge in [0.2, 0.25) is 5.89 Å². The molecule has 0 spiro atoms. The highest BCUT2D eigenvalue weighted by molar-refractivity contribution is 7.99. The van der Waals surface area contributed by atoms with E-state index < -0.39 is 5.37 Å². The van der Waals surface area contributed by atoms with Gasteiger partial charge in [-0.05, 0) is 30.0 Å². The molecule has 27 heavy (non-hydrogen) atoms. The van der Waals surface area contributed by atoms with E-state index in [2.05, 4.69) is 20.3 Å². The topological polar surface area (TPSA) is 86.7 Å². The third-order valence-corrected chi connectivity index (χ3v) is 4.91. The minimum Gasteiger partial charge on any atom is -0.411 e. The maximum absolute atomic E-state index is 13.0. The van der Waals surface area contributed by atoms with Gasteiger partial charge in [-0.1, -0.05) is 48.0 Å². The molecule has 7 nitrogen and oxygen atoms in total. The van der Waals surface area contributed by atoms with Crippen molar-refractivity contribution in [3.63, 3.8) is 0 Å². The summed E-state index contributed by atoms with van der Waals surface area (Å²) in [5.74, 6) is 0.179. The minimum atomic E-state index is -0.720. The van der Waals surface area contributed by atoms with Crippen molar-refractivity contribution in [2.75, 3.05) is 0 Å². The molecule has 0 saturated carbocycles. The van der Waals surface area contributed by atoms with E-state index in [-0.39, 0.29) is 11.0 Å². The number of rotatable bonds is 6. The summed E-state index contributed by atoms with van der Waals surface area (Å²) >= 11 is 7.11. The zero-order valence-corrected chi connectivity index (χ0v) is 15.3. The first-order valence-corrected chi connectivity index (χ1v) is 9.16. The summed E-state index contributed by atoms with van der Waals surface area (Å²) in [7, 11) is 0. The van der Waals surface area contributed by atoms with Gasteiger partial charge in [0.1, 0.15) is 12.7 Å². The lowest BCUT2D eigenvalue weighted by molar-refractivity contribution is 0.0962. The molecule has 0 aliphatic heterocycles. The van der Waals surface area contributed by atoms with E-state index in [9.17, 15) is 4.79 Å². The molecule has 2 aromatic heterocycles. The third-order valence-electron chi connectivity index (χ3n) is 3.65. The molecular weight excluding hydrogens is 386 g/mol. The average molecular weight is 398 g/mol. The van der Waals surface area contributed by atoms with Gasteiger partial charge in [-0.2, -0.15) is 5.10 Å². The van der Waals surface area contributed by atoms with Crippen LogP contribution in [-0.4, -0.2) is 30.7 Å². The van der Waals surface area contributed by atoms with Crippen molar-refractivity contribution in [3.05, 3.63) is 77.8 Å². The van der Waals surface area contributed by atoms with E-state index in [1.165, 1.54) is 17.3 Å². The Morgan fingerprint density at radius 2 is 1.96 bits per heavy atom. The molecule has 9 heteroatoms. The predicted octanol–water partition coefficient (Wildman–Crippen LogP) is 4.16. The fourth-order valence-corrected chi connectivity index (χ4v) is 3.46. The monoisotopic (exact) mass is 397 g/mol. The lowest BCUT2D eigenvalue weighted by Gasteiger charge is -2.13. The van der Waals surface area contributed by atoms with Crippen LogP contribution in [0.3, 0.4) is 0 Å². The highest BCUT2D eigenvalue weighted by Crippen LogP contribution is 2.34. The molecule has 2 aromatic carbocycles. The van der Waals surface area contributed by atoms with Crippen molar-refractivity contribution in [2.45, 2.75) is 10.6 Å². The molecule has 0 aliphatic carbocycles. The molecule has 2 heterocycles. The van der Waals surface area contributed by atoms with Crippen LogP contribution in [0.15, 0.2) is 76.9 Å². The highest BCUT2D eigenvalue weighted by Gasteiger charge is 2.26. The second-order valence-electron chi connectivity index (χ2n) is 5.46. The van der Waals surface area contributed by atoms with E-state index in [4.69, 9.17) is 16.0 Å². The summed E-state index contributed by atoms with van der Waals surface area (Å²) in [5.41, 5.74) is 1.26. The number of carbonyl (C=O) groups excluding carboxylic acids is 1. The molecule has 134 valence electrons. The Hall–Kier alpha value is -2.97. The fraction of sp³-hybridized carbons (Fsp3) is 0.0556. The minimum absolute atomic E-state index is 0.145. The fourth-order valence-electron chi connectivity index (χ4n) is 2.40. The van der Waals surface area contributed by atoms with Gasteiger partial charge in [-0.25, -0.2) is 9.67 Å². The summed E-state index contributed by atoms with van der Waals surface area (Å²) in [4.78, 5) is 16.9. The van der Waals surface area contributed by atoms with Gasteiger partial charge in [0.05, 0.1) is 0 Å². The molecule has 0 unspecified atom stereocenters. The standard InChI is InChI=1S/C18H12ClN5O2S/c19-14-8-4-7-13(9-14)16-22-23-18(26-16)27-17(24-11-20-10-21-24)15(25)12-5-2-1-3-6-12/h1-11,17H/t17-/m0/s1. The molecule has 0 fully saturated rings. The molecule has 0 radical (unpaired) electrons. The number of halogens is 1. The van der Waals surface area contributed by atoms with E-state index in [1.54, 1.807) is 42.5 Å². The number of ketones is 1. The van der Waals surface area contributed by atoms with Gasteiger partial charge in [0, 0.05) is 16.1 Å². The van der Waals surface area contributed by atoms with Crippen molar-refractivity contribution in [2.24, 2.45) is 0 Å². The normalized spacial score (nSPS) is 12.0. The van der Waals surface area contributed by atoms with Crippen LogP contribution in [0.5, 0.6) is 0 Å². The van der Waals surface area contributed by atoms with Crippen molar-refractivity contribution >= 4 is 29.1 Å². The Kier molecular flexibility index (Phi) is 4.99. The van der Waals surface area contributed by atoms with E-state index >= 15 is 0 Å². The number of Topliss-reactive ketones (excluding diaryl/α,β-unsaturated/α-hetero) is 1. The zero-order valence-electron chi connectivity index (χ0n) is 13.8. The lowest BCUT2D eigenvalue weighted by atomic mass is 10.1. The molecule has 0 amide bonds. The Balaban J connectivity index is 1.62. The van der Waals surface area contributed by atoms with Crippen LogP contribution < -0.4 is 0 Å². The first-order chi connectivity index (χ1) is 13.2. The summed E-state index contributed by atoms with van der Waals surface area (Å²) in [6.45, 7) is 0. The largest absolute Gasteiger partial charge is 0.411 e. The van der Waals surface area contributed by atoms with Crippen molar-refractivity contribution in [1.82, 2.24) is 25.0 Å². The maximum atomic E-state index is 13.0. The highest BCUT2D eigenvalue weighted by atomic mass is 35.5. The quantitative estimate of drug-likeness (QED) is 0.356. The van der Waals surface area contributed by atoms with Crippen LogP contribution in [0.25, 0.3) is 11.5 Å². The molecule has 0 saturated heterocycles. The van der Waals surface area contributed by atoms with Crippen LogP contribution in [0.2, 0.25) is 5.02 Å². The molecule has 4 rings (SSSR count). The van der Waals surface area contributed by atoms with E-state index in [1.807, 2.05) is 12.1 Å². The molecular formula is C18H12ClN5O2S. The number of hydrogen-bond donors (Lipinski definition) is 0. The summed E-state index contributed by atoms with van der Waals surface area (Å²) in [5, 5.41) is 12.3. The van der Waals surface area contributed by atoms with Gasteiger partial charge in [-0.15, -0.1) is 10.2 Å². The predicted molar refractivity (Wildman–Crippen MR) is 100 cm³/mol. The first kappa shape index (κ1) is 17.4. The van der Waals surface area contributed by atoms with Crippen molar-refractivity contribution in [3.8, 4) is 11.5 Å². The van der Waals surface area contributed by atoms with Crippen LogP contribution in [0, 0.1) is 0 Å². The smallest absolute Gasteiger partial charge is 0.279 e. The van der Waals surface area contributed by atoms with Crippen molar-refractivity contribution in [1.29, 1.82) is 0 Å². The Labute approximate surface area is 163 Å². The molecule has 4 aromatic rings. The van der Waals surface area contributed by atoms with Gasteiger partial charge >= 0.3 is 0 Å². The van der Waals surface area contributed by atoms with E-state index in [0.29, 0.717) is 22.0 Å². The number of benzene rings is 2. The summed E-state index contributed by atoms with van der Waals surface area (Å²) in [6, 6.07) is 16.1. The molecule has 0 N–H and O–H groups in total. The second kappa shape index (κ2) is 7.73. The maximum Gasteiger partial charge on any atom is 0.279 e. The van der Waals surface area contributed by atoms with E-state index in [0.717, 1.165) is 11.8 Å². The average Bonchev–Trinajstić information content (AvgIpc) is 3.38. The lowest BCUT2D eigenvalue weighted by Crippen LogP contribution is -2.17. The number of carbonyl (C=O) groups is 1. The number of thioether (sulfide) groups is 1. The van der Waals surface area contributed by atoms with Crippen LogP contribution in [0.1, 0.15) is 15.7 Å². The van der Waals surface area contributed by atoms with Gasteiger partial charge in [-0.3, -0.25) is 4.79 Å². The molecule has 0 bridgehead atoms. The number of nitrogens with zero attached hydrogens (tertiary/aromatic N) is 5. The Morgan fingerprint density at radius 3 is 2.70 bits per heavy atom. The van der Waals surface area contributed by atoms with Gasteiger partial charge in [0.25, 0.3) is 5.22 Å². The number of hydrogen-bond acceptors (Lipinski definition) is 7. The zero-order chi connectivity index (χ0) is 18.6. The Bertz CT molecular complexity index is 1050. The van der Waals surface area contributed by atoms with Crippen molar-refractivity contribution < 1.29 is 9.21 Å². The molecule has 1 atom stereocenters. The number of aromatic nitrogens is 5. The third kappa shape index (κ3) is 3.91. The van der Waals surface area contributed by atoms with Gasteiger partial charge < -0.3 is 4.42 Å². The van der Waals surface area contributed by atoms with Crippen LogP contribution in [-0.2, 0) is 0 Å². The second-order valence-corrected chi connectivity index (χ2v) is 6.93. The summed E-state index contributed by atoms with van der Waals surface area (Å²) < 4.78 is 7.17. The first-order valence-electron chi connectivity index (χ1n) is 7.90. The van der Waals surface area contributed by atoms with Gasteiger partial charge in [0.15, 0.2) is 11.2 Å². The van der Waals surface area contributed by atoms with Crippen LogP contribution >= 0.6 is 23.4 Å². The Morgan fingerprint density at radius 1 is 1.11 bits per heavy atom. The van der Waals surface area contributed by atoms with Crippen LogP contribution in [0.4, 0.5) is 0 Å².